The normalized spacial score (nSPS) is 20.6. The molecule has 0 aromatic carbocycles. The Morgan fingerprint density at radius 3 is 3.12 bits per heavy atom. The number of halogens is 1. The van der Waals surface area contributed by atoms with Crippen LogP contribution in [-0.2, 0) is 11.2 Å². The van der Waals surface area contributed by atoms with E-state index in [-0.39, 0.29) is 5.91 Å². The second-order valence-corrected chi connectivity index (χ2v) is 6.20. The van der Waals surface area contributed by atoms with E-state index in [4.69, 9.17) is 11.6 Å². The molecule has 1 aromatic rings. The van der Waals surface area contributed by atoms with Crippen LogP contribution in [0.4, 0.5) is 0 Å². The lowest BCUT2D eigenvalue weighted by Gasteiger charge is -2.31. The number of carbonyl (C=O) groups is 1. The fourth-order valence-corrected chi connectivity index (χ4v) is 3.12. The molecule has 94 valence electrons. The van der Waals surface area contributed by atoms with E-state index in [9.17, 15) is 4.79 Å². The highest BCUT2D eigenvalue weighted by Gasteiger charge is 2.19. The number of hydrogen-bond acceptors (Lipinski definition) is 3. The van der Waals surface area contributed by atoms with Crippen molar-refractivity contribution in [1.29, 1.82) is 0 Å². The van der Waals surface area contributed by atoms with Gasteiger partial charge in [0.1, 0.15) is 0 Å². The molecule has 0 spiro atoms. The summed E-state index contributed by atoms with van der Waals surface area (Å²) in [5.74, 6) is 0.253. The standard InChI is InChI=1S/C12H17ClN2OS/c1-9-8-15(7-6-14-9)12(16)5-3-10-2-4-11(13)17-10/h2,4,9,14H,3,5-8H2,1H3/t9-/m0/s1. The Kier molecular flexibility index (Phi) is 4.42. The summed E-state index contributed by atoms with van der Waals surface area (Å²) in [5.41, 5.74) is 0. The number of hydrogen-bond donors (Lipinski definition) is 1. The Labute approximate surface area is 111 Å². The predicted octanol–water partition coefficient (Wildman–Crippen LogP) is 2.15. The van der Waals surface area contributed by atoms with Crippen LogP contribution in [0.5, 0.6) is 0 Å². The van der Waals surface area contributed by atoms with Crippen LogP contribution >= 0.6 is 22.9 Å². The minimum absolute atomic E-state index is 0.253. The number of nitrogens with zero attached hydrogens (tertiary/aromatic N) is 1. The first-order valence-electron chi connectivity index (χ1n) is 5.90. The maximum absolute atomic E-state index is 12.0. The lowest BCUT2D eigenvalue weighted by Crippen LogP contribution is -2.51. The van der Waals surface area contributed by atoms with Gasteiger partial charge in [-0.1, -0.05) is 11.6 Å². The maximum atomic E-state index is 12.0. The van der Waals surface area contributed by atoms with E-state index >= 15 is 0 Å². The van der Waals surface area contributed by atoms with E-state index < -0.39 is 0 Å². The Morgan fingerprint density at radius 2 is 2.47 bits per heavy atom. The quantitative estimate of drug-likeness (QED) is 0.915. The Balaban J connectivity index is 1.80. The second kappa shape index (κ2) is 5.85. The third-order valence-electron chi connectivity index (χ3n) is 2.94. The Bertz CT molecular complexity index is 394. The van der Waals surface area contributed by atoms with Crippen molar-refractivity contribution in [2.75, 3.05) is 19.6 Å². The molecule has 2 heterocycles. The lowest BCUT2D eigenvalue weighted by molar-refractivity contribution is -0.132. The summed E-state index contributed by atoms with van der Waals surface area (Å²) in [5, 5.41) is 3.33. The average Bonchev–Trinajstić information content (AvgIpc) is 2.72. The topological polar surface area (TPSA) is 32.3 Å². The van der Waals surface area contributed by atoms with Gasteiger partial charge in [-0.2, -0.15) is 0 Å². The first-order valence-corrected chi connectivity index (χ1v) is 7.10. The summed E-state index contributed by atoms with van der Waals surface area (Å²) in [7, 11) is 0. The van der Waals surface area contributed by atoms with Gasteiger partial charge in [0.2, 0.25) is 5.91 Å². The first kappa shape index (κ1) is 12.9. The molecular formula is C12H17ClN2OS. The molecule has 0 bridgehead atoms. The van der Waals surface area contributed by atoms with E-state index in [0.29, 0.717) is 12.5 Å². The Hall–Kier alpha value is -0.580. The van der Waals surface area contributed by atoms with Crippen molar-refractivity contribution in [3.63, 3.8) is 0 Å². The number of rotatable bonds is 3. The summed E-state index contributed by atoms with van der Waals surface area (Å²) in [4.78, 5) is 15.1. The summed E-state index contributed by atoms with van der Waals surface area (Å²) < 4.78 is 0.795. The molecule has 1 amide bonds. The zero-order valence-corrected chi connectivity index (χ0v) is 11.5. The zero-order valence-electron chi connectivity index (χ0n) is 9.91. The van der Waals surface area contributed by atoms with Crippen LogP contribution in [0.2, 0.25) is 4.34 Å². The van der Waals surface area contributed by atoms with Gasteiger partial charge in [0.25, 0.3) is 0 Å². The second-order valence-electron chi connectivity index (χ2n) is 4.40. The predicted molar refractivity (Wildman–Crippen MR) is 71.7 cm³/mol. The fraction of sp³-hybridized carbons (Fsp3) is 0.583. The van der Waals surface area contributed by atoms with Crippen LogP contribution in [0.15, 0.2) is 12.1 Å². The summed E-state index contributed by atoms with van der Waals surface area (Å²) in [6.07, 6.45) is 1.39. The Morgan fingerprint density at radius 1 is 1.65 bits per heavy atom. The summed E-state index contributed by atoms with van der Waals surface area (Å²) in [6, 6.07) is 4.29. The smallest absolute Gasteiger partial charge is 0.223 e. The molecule has 1 atom stereocenters. The molecule has 17 heavy (non-hydrogen) atoms. The number of amides is 1. The van der Waals surface area contributed by atoms with Crippen LogP contribution < -0.4 is 5.32 Å². The molecule has 0 aliphatic carbocycles. The largest absolute Gasteiger partial charge is 0.340 e. The molecule has 2 rings (SSSR count). The molecule has 1 aromatic heterocycles. The van der Waals surface area contributed by atoms with Crippen molar-refractivity contribution >= 4 is 28.8 Å². The lowest BCUT2D eigenvalue weighted by atomic mass is 10.2. The van der Waals surface area contributed by atoms with Crippen molar-refractivity contribution in [2.45, 2.75) is 25.8 Å². The molecule has 1 fully saturated rings. The van der Waals surface area contributed by atoms with Crippen LogP contribution in [0, 0.1) is 0 Å². The highest BCUT2D eigenvalue weighted by Crippen LogP contribution is 2.22. The van der Waals surface area contributed by atoms with Crippen molar-refractivity contribution in [2.24, 2.45) is 0 Å². The van der Waals surface area contributed by atoms with Gasteiger partial charge < -0.3 is 10.2 Å². The van der Waals surface area contributed by atoms with Crippen molar-refractivity contribution in [1.82, 2.24) is 10.2 Å². The van der Waals surface area contributed by atoms with Gasteiger partial charge in [-0.15, -0.1) is 11.3 Å². The van der Waals surface area contributed by atoms with Gasteiger partial charge >= 0.3 is 0 Å². The van der Waals surface area contributed by atoms with Gasteiger partial charge in [0.15, 0.2) is 0 Å². The summed E-state index contributed by atoms with van der Waals surface area (Å²) >= 11 is 7.42. The fourth-order valence-electron chi connectivity index (χ4n) is 2.03. The minimum Gasteiger partial charge on any atom is -0.340 e. The highest BCUT2D eigenvalue weighted by atomic mass is 35.5. The van der Waals surface area contributed by atoms with Crippen LogP contribution in [0.1, 0.15) is 18.2 Å². The maximum Gasteiger partial charge on any atom is 0.223 e. The average molecular weight is 273 g/mol. The van der Waals surface area contributed by atoms with Crippen molar-refractivity contribution < 1.29 is 4.79 Å². The molecule has 1 N–H and O–H groups in total. The van der Waals surface area contributed by atoms with Crippen LogP contribution in [-0.4, -0.2) is 36.5 Å². The van der Waals surface area contributed by atoms with Gasteiger partial charge in [0, 0.05) is 37.0 Å². The molecule has 1 saturated heterocycles. The third kappa shape index (κ3) is 3.69. The number of aryl methyl sites for hydroxylation is 1. The molecule has 1 aliphatic rings. The van der Waals surface area contributed by atoms with E-state index in [2.05, 4.69) is 12.2 Å². The van der Waals surface area contributed by atoms with E-state index in [1.807, 2.05) is 17.0 Å². The number of piperazine rings is 1. The minimum atomic E-state index is 0.253. The van der Waals surface area contributed by atoms with E-state index in [0.717, 1.165) is 30.4 Å². The molecule has 0 unspecified atom stereocenters. The molecule has 0 radical (unpaired) electrons. The van der Waals surface area contributed by atoms with Crippen LogP contribution in [0.25, 0.3) is 0 Å². The molecule has 3 nitrogen and oxygen atoms in total. The van der Waals surface area contributed by atoms with Crippen molar-refractivity contribution in [3.05, 3.63) is 21.3 Å². The number of nitrogens with one attached hydrogen (secondary N) is 1. The molecule has 5 heteroatoms. The monoisotopic (exact) mass is 272 g/mol. The van der Waals surface area contributed by atoms with Gasteiger partial charge in [-0.3, -0.25) is 4.79 Å². The zero-order chi connectivity index (χ0) is 12.3. The SMILES string of the molecule is C[C@H]1CN(C(=O)CCc2ccc(Cl)s2)CCN1. The number of carbonyl (C=O) groups excluding carboxylic acids is 1. The number of thiophene rings is 1. The molecular weight excluding hydrogens is 256 g/mol. The summed E-state index contributed by atoms with van der Waals surface area (Å²) in [6.45, 7) is 4.66. The highest BCUT2D eigenvalue weighted by molar-refractivity contribution is 7.16. The molecule has 0 saturated carbocycles. The van der Waals surface area contributed by atoms with E-state index in [1.54, 1.807) is 11.3 Å². The van der Waals surface area contributed by atoms with Gasteiger partial charge in [0.05, 0.1) is 4.34 Å². The van der Waals surface area contributed by atoms with Crippen molar-refractivity contribution in [3.8, 4) is 0 Å². The van der Waals surface area contributed by atoms with E-state index in [1.165, 1.54) is 4.88 Å². The van der Waals surface area contributed by atoms with Gasteiger partial charge in [-0.25, -0.2) is 0 Å². The third-order valence-corrected chi connectivity index (χ3v) is 4.23. The van der Waals surface area contributed by atoms with Gasteiger partial charge in [-0.05, 0) is 25.5 Å². The van der Waals surface area contributed by atoms with Crippen LogP contribution in [0.3, 0.4) is 0 Å². The molecule has 1 aliphatic heterocycles. The first-order chi connectivity index (χ1) is 8.15.